The molecule has 2 aromatic carbocycles. The van der Waals surface area contributed by atoms with Gasteiger partial charge in [0, 0.05) is 12.7 Å². The van der Waals surface area contributed by atoms with Crippen molar-refractivity contribution < 1.29 is 28.8 Å². The average Bonchev–Trinajstić information content (AvgIpc) is 2.68. The van der Waals surface area contributed by atoms with Crippen molar-refractivity contribution >= 4 is 16.7 Å². The number of carboxylic acids is 1. The lowest BCUT2D eigenvalue weighted by Crippen LogP contribution is -2.05. The number of hydrogen-bond acceptors (Lipinski definition) is 5. The molecular weight excluding hydrogens is 348 g/mol. The summed E-state index contributed by atoms with van der Waals surface area (Å²) < 4.78 is 19.6. The second-order valence-electron chi connectivity index (χ2n) is 5.11. The number of methoxy groups -OCH3 is 2. The molecule has 0 spiro atoms. The van der Waals surface area contributed by atoms with Gasteiger partial charge >= 0.3 is 5.97 Å². The van der Waals surface area contributed by atoms with E-state index in [2.05, 4.69) is 40.8 Å². The van der Waals surface area contributed by atoms with Crippen LogP contribution in [0.2, 0.25) is 0 Å². The Hall–Kier alpha value is -2.85. The maximum absolute atomic E-state index is 9.59. The Balaban J connectivity index is 0.000000445. The lowest BCUT2D eigenvalue weighted by Gasteiger charge is -2.01. The van der Waals surface area contributed by atoms with Crippen molar-refractivity contribution in [3.8, 4) is 11.8 Å². The fraction of sp³-hybridized carbons (Fsp3) is 0.286. The summed E-state index contributed by atoms with van der Waals surface area (Å²) in [5, 5.41) is 10.3. The quantitative estimate of drug-likeness (QED) is 0.252. The standard InChI is InChI=1S/C17H18O3.C4H6O3/c1-18-11-12-20-14-19-10-4-5-15-8-9-16-6-2-3-7-17(16)13-15;1-7-3-2-4(5)6/h2-3,6-9,13H,10-12,14H2,1H3;2-3H,1H3,(H,5,6). The molecule has 0 fully saturated rings. The van der Waals surface area contributed by atoms with Crippen LogP contribution in [0, 0.1) is 11.8 Å². The van der Waals surface area contributed by atoms with Crippen LogP contribution in [-0.2, 0) is 23.7 Å². The number of aliphatic carboxylic acids is 1. The van der Waals surface area contributed by atoms with Crippen LogP contribution in [0.3, 0.4) is 0 Å². The van der Waals surface area contributed by atoms with Gasteiger partial charge in [-0.3, -0.25) is 0 Å². The van der Waals surface area contributed by atoms with Gasteiger partial charge in [-0.1, -0.05) is 42.2 Å². The van der Waals surface area contributed by atoms with E-state index in [0.717, 1.165) is 17.9 Å². The summed E-state index contributed by atoms with van der Waals surface area (Å²) >= 11 is 0. The summed E-state index contributed by atoms with van der Waals surface area (Å²) in [6, 6.07) is 14.4. The molecule has 0 saturated carbocycles. The molecule has 2 aromatic rings. The zero-order chi connectivity index (χ0) is 19.7. The molecule has 2 rings (SSSR count). The maximum Gasteiger partial charge on any atom is 0.331 e. The monoisotopic (exact) mass is 372 g/mol. The molecule has 0 aliphatic heterocycles. The highest BCUT2D eigenvalue weighted by molar-refractivity contribution is 5.83. The summed E-state index contributed by atoms with van der Waals surface area (Å²) in [4.78, 5) is 9.59. The number of ether oxygens (including phenoxy) is 4. The number of fused-ring (bicyclic) bond motifs is 1. The van der Waals surface area contributed by atoms with Gasteiger partial charge in [0.15, 0.2) is 0 Å². The Kier molecular flexibility index (Phi) is 11.8. The first-order valence-electron chi connectivity index (χ1n) is 8.21. The summed E-state index contributed by atoms with van der Waals surface area (Å²) in [6.07, 6.45) is 2.02. The van der Waals surface area contributed by atoms with Gasteiger partial charge in [0.1, 0.15) is 13.4 Å². The minimum atomic E-state index is -0.998. The third kappa shape index (κ3) is 10.7. The van der Waals surface area contributed by atoms with Crippen molar-refractivity contribution in [2.75, 3.05) is 40.8 Å². The third-order valence-electron chi connectivity index (χ3n) is 3.10. The van der Waals surface area contributed by atoms with Crippen LogP contribution in [0.5, 0.6) is 0 Å². The fourth-order valence-corrected chi connectivity index (χ4v) is 1.88. The molecule has 6 nitrogen and oxygen atoms in total. The Bertz CT molecular complexity index is 773. The number of hydrogen-bond donors (Lipinski definition) is 1. The highest BCUT2D eigenvalue weighted by atomic mass is 16.7. The largest absolute Gasteiger partial charge is 0.504 e. The van der Waals surface area contributed by atoms with E-state index in [0.29, 0.717) is 19.8 Å². The molecule has 0 bridgehead atoms. The summed E-state index contributed by atoms with van der Waals surface area (Å²) in [7, 11) is 3.03. The molecule has 144 valence electrons. The first-order valence-corrected chi connectivity index (χ1v) is 8.21. The smallest absolute Gasteiger partial charge is 0.331 e. The minimum absolute atomic E-state index is 0.246. The highest BCUT2D eigenvalue weighted by Gasteiger charge is 1.92. The SMILES string of the molecule is COC=CC(=O)O.COCCOCOCC#Cc1ccc2ccccc2c1. The van der Waals surface area contributed by atoms with Crippen LogP contribution in [0.15, 0.2) is 54.8 Å². The van der Waals surface area contributed by atoms with E-state index >= 15 is 0 Å². The van der Waals surface area contributed by atoms with E-state index in [1.165, 1.54) is 17.9 Å². The lowest BCUT2D eigenvalue weighted by atomic mass is 10.1. The molecule has 0 amide bonds. The van der Waals surface area contributed by atoms with E-state index in [9.17, 15) is 4.79 Å². The zero-order valence-electron chi connectivity index (χ0n) is 15.5. The van der Waals surface area contributed by atoms with Crippen molar-refractivity contribution in [3.63, 3.8) is 0 Å². The van der Waals surface area contributed by atoms with Crippen LogP contribution >= 0.6 is 0 Å². The first kappa shape index (κ1) is 22.2. The molecule has 0 atom stereocenters. The van der Waals surface area contributed by atoms with Gasteiger partial charge in [-0.15, -0.1) is 0 Å². The second-order valence-corrected chi connectivity index (χ2v) is 5.11. The highest BCUT2D eigenvalue weighted by Crippen LogP contribution is 2.14. The van der Waals surface area contributed by atoms with E-state index in [4.69, 9.17) is 19.3 Å². The Morgan fingerprint density at radius 2 is 1.85 bits per heavy atom. The molecule has 0 heterocycles. The van der Waals surface area contributed by atoms with Gasteiger partial charge in [-0.2, -0.15) is 0 Å². The number of carboxylic acid groups (broad SMARTS) is 1. The van der Waals surface area contributed by atoms with E-state index in [1.54, 1.807) is 7.11 Å². The predicted molar refractivity (Wildman–Crippen MR) is 103 cm³/mol. The molecule has 0 saturated heterocycles. The van der Waals surface area contributed by atoms with Gasteiger partial charge in [-0.25, -0.2) is 4.79 Å². The summed E-state index contributed by atoms with van der Waals surface area (Å²) in [5.41, 5.74) is 0.993. The van der Waals surface area contributed by atoms with Crippen molar-refractivity contribution in [1.29, 1.82) is 0 Å². The van der Waals surface area contributed by atoms with E-state index < -0.39 is 5.97 Å². The van der Waals surface area contributed by atoms with Crippen molar-refractivity contribution in [2.45, 2.75) is 0 Å². The Morgan fingerprint density at radius 1 is 1.07 bits per heavy atom. The summed E-state index contributed by atoms with van der Waals surface area (Å²) in [6.45, 7) is 1.72. The maximum atomic E-state index is 9.59. The molecule has 0 aliphatic carbocycles. The van der Waals surface area contributed by atoms with Crippen LogP contribution in [0.1, 0.15) is 5.56 Å². The topological polar surface area (TPSA) is 74.2 Å². The number of benzene rings is 2. The Labute approximate surface area is 159 Å². The van der Waals surface area contributed by atoms with Crippen LogP contribution in [-0.4, -0.2) is 51.9 Å². The van der Waals surface area contributed by atoms with Gasteiger partial charge in [-0.05, 0) is 22.9 Å². The molecular formula is C21H24O6. The van der Waals surface area contributed by atoms with E-state index in [-0.39, 0.29) is 6.79 Å². The van der Waals surface area contributed by atoms with E-state index in [1.807, 2.05) is 18.2 Å². The van der Waals surface area contributed by atoms with Gasteiger partial charge in [0.2, 0.25) is 0 Å². The number of carbonyl (C=O) groups is 1. The molecule has 0 unspecified atom stereocenters. The average molecular weight is 372 g/mol. The summed E-state index contributed by atoms with van der Waals surface area (Å²) in [5.74, 6) is 5.06. The third-order valence-corrected chi connectivity index (χ3v) is 3.10. The fourth-order valence-electron chi connectivity index (χ4n) is 1.88. The van der Waals surface area contributed by atoms with Crippen molar-refractivity contribution in [1.82, 2.24) is 0 Å². The van der Waals surface area contributed by atoms with Crippen molar-refractivity contribution in [2.24, 2.45) is 0 Å². The normalized spacial score (nSPS) is 10.0. The second kappa shape index (κ2) is 14.3. The zero-order valence-corrected chi connectivity index (χ0v) is 15.5. The molecule has 6 heteroatoms. The van der Waals surface area contributed by atoms with Crippen LogP contribution in [0.25, 0.3) is 10.8 Å². The number of rotatable bonds is 8. The lowest BCUT2D eigenvalue weighted by molar-refractivity contribution is -0.131. The first-order chi connectivity index (χ1) is 13.2. The van der Waals surface area contributed by atoms with Gasteiger partial charge in [0.25, 0.3) is 0 Å². The molecule has 1 N–H and O–H groups in total. The van der Waals surface area contributed by atoms with Crippen LogP contribution in [0.4, 0.5) is 0 Å². The van der Waals surface area contributed by atoms with Gasteiger partial charge < -0.3 is 24.1 Å². The van der Waals surface area contributed by atoms with Crippen molar-refractivity contribution in [3.05, 3.63) is 60.4 Å². The Morgan fingerprint density at radius 3 is 2.52 bits per heavy atom. The minimum Gasteiger partial charge on any atom is -0.504 e. The molecule has 0 radical (unpaired) electrons. The predicted octanol–water partition coefficient (Wildman–Crippen LogP) is 3.06. The molecule has 27 heavy (non-hydrogen) atoms. The molecule has 0 aliphatic rings. The molecule has 0 aromatic heterocycles. The van der Waals surface area contributed by atoms with Crippen LogP contribution < -0.4 is 0 Å². The van der Waals surface area contributed by atoms with Gasteiger partial charge in [0.05, 0.1) is 32.7 Å².